The Morgan fingerprint density at radius 2 is 1.95 bits per heavy atom. The van der Waals surface area contributed by atoms with Crippen LogP contribution in [0.25, 0.3) is 5.70 Å². The van der Waals surface area contributed by atoms with Crippen LogP contribution in [0.5, 0.6) is 0 Å². The summed E-state index contributed by atoms with van der Waals surface area (Å²) in [7, 11) is 0. The predicted octanol–water partition coefficient (Wildman–Crippen LogP) is 2.88. The number of nitrogens with zero attached hydrogens (tertiary/aromatic N) is 1. The number of carbonyl (C=O) groups excluding carboxylic acids is 1. The minimum Gasteiger partial charge on any atom is -0.383 e. The van der Waals surface area contributed by atoms with E-state index in [9.17, 15) is 4.79 Å². The summed E-state index contributed by atoms with van der Waals surface area (Å²) in [6.45, 7) is 12.6. The summed E-state index contributed by atoms with van der Waals surface area (Å²) in [5.74, 6) is 0. The standard InChI is InChI=1S/C17H27N3O/c1-5-20(6-2)10-9-18-17(14-7-8-14)16-12(3)15(11-21)19-13(16)4/h11,18-19H,5-10H2,1-4H3. The SMILES string of the molecule is CCN(CC)CCNC(=C1CC1)c1c(C)[nH]c(C=O)c1C. The maximum atomic E-state index is 11.1. The minimum absolute atomic E-state index is 0.701. The van der Waals surface area contributed by atoms with Gasteiger partial charge in [-0.2, -0.15) is 0 Å². The Bertz CT molecular complexity index is 532. The van der Waals surface area contributed by atoms with Crippen molar-refractivity contribution >= 4 is 12.0 Å². The number of aromatic amines is 1. The molecule has 0 aliphatic heterocycles. The molecule has 2 N–H and O–H groups in total. The van der Waals surface area contributed by atoms with Crippen molar-refractivity contribution in [1.82, 2.24) is 15.2 Å². The molecule has 0 amide bonds. The van der Waals surface area contributed by atoms with Gasteiger partial charge in [-0.25, -0.2) is 0 Å². The van der Waals surface area contributed by atoms with Gasteiger partial charge in [-0.05, 0) is 50.9 Å². The fourth-order valence-corrected chi connectivity index (χ4v) is 2.85. The van der Waals surface area contributed by atoms with Crippen molar-refractivity contribution in [3.8, 4) is 0 Å². The monoisotopic (exact) mass is 289 g/mol. The molecule has 1 aliphatic rings. The van der Waals surface area contributed by atoms with Crippen LogP contribution < -0.4 is 5.32 Å². The van der Waals surface area contributed by atoms with Gasteiger partial charge in [0.25, 0.3) is 0 Å². The van der Waals surface area contributed by atoms with Gasteiger partial charge in [0, 0.05) is 30.0 Å². The number of carbonyl (C=O) groups is 1. The van der Waals surface area contributed by atoms with Crippen molar-refractivity contribution in [1.29, 1.82) is 0 Å². The molecule has 21 heavy (non-hydrogen) atoms. The Morgan fingerprint density at radius 3 is 2.43 bits per heavy atom. The van der Waals surface area contributed by atoms with E-state index < -0.39 is 0 Å². The van der Waals surface area contributed by atoms with Gasteiger partial charge in [-0.3, -0.25) is 4.79 Å². The summed E-state index contributed by atoms with van der Waals surface area (Å²) in [6, 6.07) is 0. The van der Waals surface area contributed by atoms with Gasteiger partial charge in [0.15, 0.2) is 6.29 Å². The van der Waals surface area contributed by atoms with Crippen molar-refractivity contribution in [2.24, 2.45) is 0 Å². The van der Waals surface area contributed by atoms with Crippen molar-refractivity contribution in [3.05, 3.63) is 28.1 Å². The van der Waals surface area contributed by atoms with E-state index in [1.807, 2.05) is 13.8 Å². The highest BCUT2D eigenvalue weighted by atomic mass is 16.1. The molecule has 0 radical (unpaired) electrons. The summed E-state index contributed by atoms with van der Waals surface area (Å²) in [5, 5.41) is 3.62. The summed E-state index contributed by atoms with van der Waals surface area (Å²) >= 11 is 0. The maximum absolute atomic E-state index is 11.1. The lowest BCUT2D eigenvalue weighted by Crippen LogP contribution is -2.31. The molecule has 0 aromatic carbocycles. The number of aldehydes is 1. The number of nitrogens with one attached hydrogen (secondary N) is 2. The van der Waals surface area contributed by atoms with Gasteiger partial charge in [0.1, 0.15) is 0 Å². The molecule has 0 unspecified atom stereocenters. The van der Waals surface area contributed by atoms with Gasteiger partial charge in [-0.1, -0.05) is 13.8 Å². The van der Waals surface area contributed by atoms with Gasteiger partial charge in [0.05, 0.1) is 5.69 Å². The predicted molar refractivity (Wildman–Crippen MR) is 87.6 cm³/mol. The molecular weight excluding hydrogens is 262 g/mol. The second-order valence-corrected chi connectivity index (χ2v) is 5.71. The molecule has 0 spiro atoms. The Kier molecular flexibility index (Phi) is 5.23. The van der Waals surface area contributed by atoms with E-state index in [0.29, 0.717) is 5.69 Å². The number of allylic oxidation sites excluding steroid dienone is 1. The zero-order chi connectivity index (χ0) is 15.4. The Morgan fingerprint density at radius 1 is 1.29 bits per heavy atom. The minimum atomic E-state index is 0.701. The molecule has 1 aromatic heterocycles. The lowest BCUT2D eigenvalue weighted by Gasteiger charge is -2.20. The number of likely N-dealkylation sites (N-methyl/N-ethyl adjacent to an activating group) is 1. The van der Waals surface area contributed by atoms with E-state index in [4.69, 9.17) is 0 Å². The number of H-pyrrole nitrogens is 1. The number of hydrogen-bond donors (Lipinski definition) is 2. The van der Waals surface area contributed by atoms with Gasteiger partial charge in [-0.15, -0.1) is 0 Å². The van der Waals surface area contributed by atoms with Gasteiger partial charge in [0.2, 0.25) is 0 Å². The highest BCUT2D eigenvalue weighted by Crippen LogP contribution is 2.37. The van der Waals surface area contributed by atoms with Crippen LogP contribution in [0.1, 0.15) is 54.0 Å². The van der Waals surface area contributed by atoms with Crippen LogP contribution in [0.15, 0.2) is 5.57 Å². The molecule has 0 bridgehead atoms. The number of aryl methyl sites for hydroxylation is 1. The normalized spacial score (nSPS) is 13.7. The van der Waals surface area contributed by atoms with Crippen LogP contribution in [-0.4, -0.2) is 42.3 Å². The smallest absolute Gasteiger partial charge is 0.166 e. The fourth-order valence-electron chi connectivity index (χ4n) is 2.85. The fraction of sp³-hybridized carbons (Fsp3) is 0.588. The quantitative estimate of drug-likeness (QED) is 0.723. The van der Waals surface area contributed by atoms with E-state index in [1.54, 1.807) is 0 Å². The summed E-state index contributed by atoms with van der Waals surface area (Å²) < 4.78 is 0. The Balaban J connectivity index is 2.13. The molecule has 1 heterocycles. The largest absolute Gasteiger partial charge is 0.383 e. The Labute approximate surface area is 127 Å². The van der Waals surface area contributed by atoms with E-state index in [2.05, 4.69) is 29.0 Å². The number of rotatable bonds is 8. The zero-order valence-electron chi connectivity index (χ0n) is 13.7. The maximum Gasteiger partial charge on any atom is 0.166 e. The van der Waals surface area contributed by atoms with Gasteiger partial charge < -0.3 is 15.2 Å². The molecule has 4 heteroatoms. The third-order valence-corrected chi connectivity index (χ3v) is 4.32. The highest BCUT2D eigenvalue weighted by molar-refractivity contribution is 5.82. The third kappa shape index (κ3) is 3.56. The summed E-state index contributed by atoms with van der Waals surface area (Å²) in [6.07, 6.45) is 3.26. The van der Waals surface area contributed by atoms with Gasteiger partial charge >= 0.3 is 0 Å². The Hall–Kier alpha value is -1.55. The first-order valence-corrected chi connectivity index (χ1v) is 7.95. The molecule has 0 saturated heterocycles. The number of hydrogen-bond acceptors (Lipinski definition) is 3. The summed E-state index contributed by atoms with van der Waals surface area (Å²) in [4.78, 5) is 16.7. The van der Waals surface area contributed by atoms with E-state index in [0.717, 1.165) is 43.7 Å². The molecule has 0 atom stereocenters. The van der Waals surface area contributed by atoms with Crippen LogP contribution in [0.4, 0.5) is 0 Å². The first-order chi connectivity index (χ1) is 10.1. The first-order valence-electron chi connectivity index (χ1n) is 7.95. The molecule has 4 nitrogen and oxygen atoms in total. The van der Waals surface area contributed by atoms with E-state index in [-0.39, 0.29) is 0 Å². The molecule has 116 valence electrons. The van der Waals surface area contributed by atoms with Crippen LogP contribution in [0.3, 0.4) is 0 Å². The van der Waals surface area contributed by atoms with Crippen LogP contribution in [-0.2, 0) is 0 Å². The second-order valence-electron chi connectivity index (χ2n) is 5.71. The van der Waals surface area contributed by atoms with Crippen LogP contribution >= 0.6 is 0 Å². The molecule has 1 aliphatic carbocycles. The number of aromatic nitrogens is 1. The van der Waals surface area contributed by atoms with Crippen molar-refractivity contribution < 1.29 is 4.79 Å². The van der Waals surface area contributed by atoms with E-state index >= 15 is 0 Å². The topological polar surface area (TPSA) is 48.1 Å². The first kappa shape index (κ1) is 15.8. The molecule has 1 aromatic rings. The van der Waals surface area contributed by atoms with Crippen molar-refractivity contribution in [2.75, 3.05) is 26.2 Å². The van der Waals surface area contributed by atoms with Crippen LogP contribution in [0, 0.1) is 13.8 Å². The summed E-state index contributed by atoms with van der Waals surface area (Å²) in [5.41, 5.74) is 6.78. The van der Waals surface area contributed by atoms with Crippen molar-refractivity contribution in [3.63, 3.8) is 0 Å². The van der Waals surface area contributed by atoms with Crippen molar-refractivity contribution in [2.45, 2.75) is 40.5 Å². The molecular formula is C17H27N3O. The second kappa shape index (κ2) is 6.94. The lowest BCUT2D eigenvalue weighted by molar-refractivity contribution is 0.111. The third-order valence-electron chi connectivity index (χ3n) is 4.32. The molecule has 1 saturated carbocycles. The lowest BCUT2D eigenvalue weighted by atomic mass is 10.1. The zero-order valence-corrected chi connectivity index (χ0v) is 13.7. The van der Waals surface area contributed by atoms with E-state index in [1.165, 1.54) is 29.7 Å². The highest BCUT2D eigenvalue weighted by Gasteiger charge is 2.23. The average molecular weight is 289 g/mol. The average Bonchev–Trinajstić information content (AvgIpc) is 3.27. The molecule has 2 rings (SSSR count). The van der Waals surface area contributed by atoms with Crippen LogP contribution in [0.2, 0.25) is 0 Å². The molecule has 1 fully saturated rings.